The first-order valence-electron chi connectivity index (χ1n) is 11.6. The molecule has 0 aliphatic carbocycles. The number of ether oxygens (including phenoxy) is 2. The van der Waals surface area contributed by atoms with Crippen molar-refractivity contribution in [3.63, 3.8) is 0 Å². The molecule has 2 aromatic rings. The zero-order valence-electron chi connectivity index (χ0n) is 19.7. The molecule has 7 nitrogen and oxygen atoms in total. The summed E-state index contributed by atoms with van der Waals surface area (Å²) < 4.78 is 54.4. The van der Waals surface area contributed by atoms with Crippen LogP contribution in [0, 0.1) is 5.82 Å². The zero-order valence-corrected chi connectivity index (χ0v) is 19.7. The Bertz CT molecular complexity index is 1010. The maximum atomic E-state index is 14.4. The molecular formula is C24H31F3N4O3. The topological polar surface area (TPSA) is 59.8 Å². The van der Waals surface area contributed by atoms with E-state index in [1.165, 1.54) is 12.1 Å². The maximum absolute atomic E-state index is 14.4. The number of aryl methyl sites for hydroxylation is 1. The van der Waals surface area contributed by atoms with Gasteiger partial charge in [0.25, 0.3) is 12.3 Å². The lowest BCUT2D eigenvalue weighted by Gasteiger charge is -2.50. The molecule has 1 aromatic heterocycles. The highest BCUT2D eigenvalue weighted by atomic mass is 19.3. The molecule has 186 valence electrons. The lowest BCUT2D eigenvalue weighted by Crippen LogP contribution is -2.58. The van der Waals surface area contributed by atoms with Gasteiger partial charge < -0.3 is 14.4 Å². The smallest absolute Gasteiger partial charge is 0.253 e. The molecule has 3 heterocycles. The number of aromatic nitrogens is 2. The van der Waals surface area contributed by atoms with E-state index >= 15 is 0 Å². The molecule has 0 N–H and O–H groups in total. The number of hydrogen-bond donors (Lipinski definition) is 0. The largest absolute Gasteiger partial charge is 0.488 e. The second-order valence-electron chi connectivity index (χ2n) is 9.36. The Balaban J connectivity index is 1.45. The molecule has 0 saturated carbocycles. The lowest BCUT2D eigenvalue weighted by molar-refractivity contribution is -0.181. The molecule has 1 amide bonds. The van der Waals surface area contributed by atoms with Crippen LogP contribution < -0.4 is 4.74 Å². The minimum absolute atomic E-state index is 0.111. The Labute approximate surface area is 197 Å². The average Bonchev–Trinajstić information content (AvgIpc) is 3.20. The Morgan fingerprint density at radius 1 is 1.26 bits per heavy atom. The number of halogens is 3. The van der Waals surface area contributed by atoms with Crippen molar-refractivity contribution in [2.24, 2.45) is 7.05 Å². The van der Waals surface area contributed by atoms with Gasteiger partial charge in [-0.15, -0.1) is 0 Å². The molecule has 4 rings (SSSR count). The van der Waals surface area contributed by atoms with E-state index in [0.717, 1.165) is 5.69 Å². The van der Waals surface area contributed by atoms with Gasteiger partial charge in [0.15, 0.2) is 11.6 Å². The van der Waals surface area contributed by atoms with Gasteiger partial charge in [-0.1, -0.05) is 0 Å². The van der Waals surface area contributed by atoms with Gasteiger partial charge in [0.2, 0.25) is 0 Å². The normalized spacial score (nSPS) is 20.9. The van der Waals surface area contributed by atoms with E-state index in [2.05, 4.69) is 5.10 Å². The third-order valence-corrected chi connectivity index (χ3v) is 6.42. The molecule has 10 heteroatoms. The minimum atomic E-state index is -2.44. The number of carbonyl (C=O) groups excluding carboxylic acids is 1. The van der Waals surface area contributed by atoms with Crippen LogP contribution in [0.2, 0.25) is 0 Å². The van der Waals surface area contributed by atoms with E-state index in [-0.39, 0.29) is 36.0 Å². The van der Waals surface area contributed by atoms with Crippen LogP contribution >= 0.6 is 0 Å². The number of hydrogen-bond acceptors (Lipinski definition) is 5. The quantitative estimate of drug-likeness (QED) is 0.632. The molecule has 0 bridgehead atoms. The third-order valence-electron chi connectivity index (χ3n) is 6.42. The van der Waals surface area contributed by atoms with Crippen molar-refractivity contribution in [2.75, 3.05) is 32.7 Å². The SMILES string of the molecule is CC(C)Oc1ccc(C(=O)N2CCC3(CC2)CN(CC(F)F)CC(c2ccnn2C)O3)cc1F. The predicted molar refractivity (Wildman–Crippen MR) is 120 cm³/mol. The number of piperidine rings is 1. The Kier molecular flexibility index (Phi) is 7.18. The number of rotatable bonds is 6. The van der Waals surface area contributed by atoms with Crippen LogP contribution in [-0.2, 0) is 11.8 Å². The molecule has 1 unspecified atom stereocenters. The second-order valence-corrected chi connectivity index (χ2v) is 9.36. The number of alkyl halides is 2. The standard InChI is InChI=1S/C24H31F3N4O3/c1-16(2)33-20-5-4-17(12-18(20)25)23(32)31-10-7-24(8-11-31)15-30(14-22(26)27)13-21(34-24)19-6-9-28-29(19)3/h4-6,9,12,16,21-22H,7-8,10-11,13-15H2,1-3H3. The van der Waals surface area contributed by atoms with Crippen LogP contribution in [0.15, 0.2) is 30.5 Å². The number of morpholine rings is 1. The minimum Gasteiger partial charge on any atom is -0.488 e. The summed E-state index contributed by atoms with van der Waals surface area (Å²) >= 11 is 0. The van der Waals surface area contributed by atoms with Gasteiger partial charge in [0, 0.05) is 45.0 Å². The summed E-state index contributed by atoms with van der Waals surface area (Å²) in [6.45, 7) is 4.80. The summed E-state index contributed by atoms with van der Waals surface area (Å²) in [5, 5.41) is 4.19. The van der Waals surface area contributed by atoms with Gasteiger partial charge in [-0.3, -0.25) is 14.4 Å². The molecule has 2 aliphatic heterocycles. The molecule has 1 spiro atoms. The predicted octanol–water partition coefficient (Wildman–Crippen LogP) is 3.66. The summed E-state index contributed by atoms with van der Waals surface area (Å²) in [6.07, 6.45) is -0.334. The van der Waals surface area contributed by atoms with E-state index in [1.807, 2.05) is 6.07 Å². The van der Waals surface area contributed by atoms with E-state index in [9.17, 15) is 18.0 Å². The van der Waals surface area contributed by atoms with E-state index in [0.29, 0.717) is 39.0 Å². The summed E-state index contributed by atoms with van der Waals surface area (Å²) in [5.41, 5.74) is 0.441. The summed E-state index contributed by atoms with van der Waals surface area (Å²) in [7, 11) is 1.80. The highest BCUT2D eigenvalue weighted by Gasteiger charge is 2.45. The van der Waals surface area contributed by atoms with Crippen LogP contribution in [0.4, 0.5) is 13.2 Å². The Morgan fingerprint density at radius 2 is 2.00 bits per heavy atom. The van der Waals surface area contributed by atoms with Gasteiger partial charge in [-0.05, 0) is 51.0 Å². The molecule has 0 radical (unpaired) electrons. The van der Waals surface area contributed by atoms with Crippen molar-refractivity contribution in [1.29, 1.82) is 0 Å². The van der Waals surface area contributed by atoms with Crippen molar-refractivity contribution >= 4 is 5.91 Å². The van der Waals surface area contributed by atoms with Gasteiger partial charge >= 0.3 is 0 Å². The first-order chi connectivity index (χ1) is 16.2. The van der Waals surface area contributed by atoms with Crippen molar-refractivity contribution in [2.45, 2.75) is 50.9 Å². The van der Waals surface area contributed by atoms with Gasteiger partial charge in [-0.2, -0.15) is 5.10 Å². The van der Waals surface area contributed by atoms with Crippen LogP contribution in [-0.4, -0.2) is 76.3 Å². The van der Waals surface area contributed by atoms with Crippen LogP contribution in [0.25, 0.3) is 0 Å². The summed E-state index contributed by atoms with van der Waals surface area (Å²) in [6, 6.07) is 6.07. The molecule has 2 aliphatic rings. The van der Waals surface area contributed by atoms with Crippen molar-refractivity contribution in [3.8, 4) is 5.75 Å². The third kappa shape index (κ3) is 5.38. The molecule has 1 aromatic carbocycles. The first kappa shape index (κ1) is 24.5. The Morgan fingerprint density at radius 3 is 2.59 bits per heavy atom. The monoisotopic (exact) mass is 480 g/mol. The highest BCUT2D eigenvalue weighted by Crippen LogP contribution is 2.38. The van der Waals surface area contributed by atoms with Gasteiger partial charge in [0.05, 0.1) is 23.9 Å². The fourth-order valence-corrected chi connectivity index (χ4v) is 4.83. The Hall–Kier alpha value is -2.59. The summed E-state index contributed by atoms with van der Waals surface area (Å²) in [5.74, 6) is -0.737. The van der Waals surface area contributed by atoms with E-state index in [4.69, 9.17) is 9.47 Å². The molecular weight excluding hydrogens is 449 g/mol. The number of benzene rings is 1. The van der Waals surface area contributed by atoms with Crippen molar-refractivity contribution in [3.05, 3.63) is 47.5 Å². The van der Waals surface area contributed by atoms with E-state index < -0.39 is 17.8 Å². The van der Waals surface area contributed by atoms with Crippen LogP contribution in [0.1, 0.15) is 48.8 Å². The number of amides is 1. The number of nitrogens with zero attached hydrogens (tertiary/aromatic N) is 4. The zero-order chi connectivity index (χ0) is 24.5. The average molecular weight is 481 g/mol. The number of likely N-dealkylation sites (tertiary alicyclic amines) is 1. The maximum Gasteiger partial charge on any atom is 0.253 e. The highest BCUT2D eigenvalue weighted by molar-refractivity contribution is 5.94. The first-order valence-corrected chi connectivity index (χ1v) is 11.6. The molecule has 34 heavy (non-hydrogen) atoms. The van der Waals surface area contributed by atoms with E-state index in [1.54, 1.807) is 47.6 Å². The fourth-order valence-electron chi connectivity index (χ4n) is 4.83. The second kappa shape index (κ2) is 9.95. The van der Waals surface area contributed by atoms with Crippen molar-refractivity contribution in [1.82, 2.24) is 19.6 Å². The molecule has 2 fully saturated rings. The van der Waals surface area contributed by atoms with Gasteiger partial charge in [-0.25, -0.2) is 13.2 Å². The van der Waals surface area contributed by atoms with Crippen LogP contribution in [0.5, 0.6) is 5.75 Å². The molecule has 2 saturated heterocycles. The molecule has 1 atom stereocenters. The lowest BCUT2D eigenvalue weighted by atomic mass is 9.88. The van der Waals surface area contributed by atoms with Crippen LogP contribution in [0.3, 0.4) is 0 Å². The van der Waals surface area contributed by atoms with Gasteiger partial charge in [0.1, 0.15) is 6.10 Å². The number of carbonyl (C=O) groups is 1. The fraction of sp³-hybridized carbons (Fsp3) is 0.583. The van der Waals surface area contributed by atoms with Crippen molar-refractivity contribution < 1.29 is 27.4 Å². The summed E-state index contributed by atoms with van der Waals surface area (Å²) in [4.78, 5) is 16.4.